The second-order valence-corrected chi connectivity index (χ2v) is 9.47. The highest BCUT2D eigenvalue weighted by Gasteiger charge is 2.52. The second-order valence-electron chi connectivity index (χ2n) is 9.47. The molecule has 4 fully saturated rings. The number of carbonyl (C=O) groups excluding carboxylic acids is 2. The van der Waals surface area contributed by atoms with Gasteiger partial charge >= 0.3 is 6.18 Å². The molecular weight excluding hydrogens is 440 g/mol. The van der Waals surface area contributed by atoms with E-state index in [0.29, 0.717) is 44.2 Å². The predicted molar refractivity (Wildman–Crippen MR) is 112 cm³/mol. The SMILES string of the molecule is N#C[C@@H]1CC(F)CN1C(=O)CNC12CCC(C(=O)Nc3ccc(C(F)(F)F)cc3)(CC1)CC2. The number of fused-ring (bicyclic) bond motifs is 3. The molecule has 1 unspecified atom stereocenters. The quantitative estimate of drug-likeness (QED) is 0.647. The summed E-state index contributed by atoms with van der Waals surface area (Å²) in [5.41, 5.74) is -1.28. The number of nitrogens with one attached hydrogen (secondary N) is 2. The molecule has 33 heavy (non-hydrogen) atoms. The van der Waals surface area contributed by atoms with Gasteiger partial charge in [-0.2, -0.15) is 18.4 Å². The van der Waals surface area contributed by atoms with Gasteiger partial charge in [-0.15, -0.1) is 0 Å². The summed E-state index contributed by atoms with van der Waals surface area (Å²) >= 11 is 0. The Kier molecular flexibility index (Phi) is 6.12. The maximum Gasteiger partial charge on any atom is 0.416 e. The van der Waals surface area contributed by atoms with E-state index in [1.165, 1.54) is 17.0 Å². The van der Waals surface area contributed by atoms with Gasteiger partial charge in [0.25, 0.3) is 0 Å². The van der Waals surface area contributed by atoms with E-state index in [1.807, 2.05) is 6.07 Å². The molecule has 3 aliphatic carbocycles. The summed E-state index contributed by atoms with van der Waals surface area (Å²) < 4.78 is 51.8. The van der Waals surface area contributed by atoms with Crippen LogP contribution in [0.15, 0.2) is 24.3 Å². The van der Waals surface area contributed by atoms with Crippen molar-refractivity contribution in [3.8, 4) is 6.07 Å². The Labute approximate surface area is 189 Å². The molecule has 1 heterocycles. The van der Waals surface area contributed by atoms with Crippen LogP contribution in [0.25, 0.3) is 0 Å². The number of nitriles is 1. The van der Waals surface area contributed by atoms with Gasteiger partial charge in [-0.1, -0.05) is 0 Å². The molecule has 1 saturated heterocycles. The summed E-state index contributed by atoms with van der Waals surface area (Å²) in [4.78, 5) is 26.8. The minimum atomic E-state index is -4.43. The average Bonchev–Trinajstić information content (AvgIpc) is 3.19. The van der Waals surface area contributed by atoms with Crippen LogP contribution in [0.3, 0.4) is 0 Å². The lowest BCUT2D eigenvalue weighted by Gasteiger charge is -2.52. The normalized spacial score (nSPS) is 31.3. The van der Waals surface area contributed by atoms with Gasteiger partial charge in [0.1, 0.15) is 12.2 Å². The zero-order chi connectivity index (χ0) is 23.9. The summed E-state index contributed by atoms with van der Waals surface area (Å²) in [6.07, 6.45) is -1.66. The number of hydrogen-bond acceptors (Lipinski definition) is 4. The summed E-state index contributed by atoms with van der Waals surface area (Å²) in [6, 6.07) is 5.66. The smallest absolute Gasteiger partial charge is 0.326 e. The molecule has 1 aromatic carbocycles. The van der Waals surface area contributed by atoms with Crippen molar-refractivity contribution in [2.45, 2.75) is 68.9 Å². The number of nitrogens with zero attached hydrogens (tertiary/aromatic N) is 2. The highest BCUT2D eigenvalue weighted by atomic mass is 19.4. The van der Waals surface area contributed by atoms with Crippen LogP contribution >= 0.6 is 0 Å². The molecular formula is C23H26F4N4O2. The van der Waals surface area contributed by atoms with Crippen LogP contribution in [0, 0.1) is 16.7 Å². The summed E-state index contributed by atoms with van der Waals surface area (Å²) in [5.74, 6) is -0.479. The molecule has 0 spiro atoms. The van der Waals surface area contributed by atoms with E-state index in [1.54, 1.807) is 0 Å². The highest BCUT2D eigenvalue weighted by Crippen LogP contribution is 2.52. The molecule has 5 rings (SSSR count). The second kappa shape index (κ2) is 8.60. The molecule has 10 heteroatoms. The molecule has 3 saturated carbocycles. The van der Waals surface area contributed by atoms with Crippen molar-refractivity contribution in [3.05, 3.63) is 29.8 Å². The molecule has 1 aliphatic heterocycles. The molecule has 0 aromatic heterocycles. The Morgan fingerprint density at radius 1 is 1.09 bits per heavy atom. The molecule has 178 valence electrons. The Morgan fingerprint density at radius 3 is 2.24 bits per heavy atom. The lowest BCUT2D eigenvalue weighted by molar-refractivity contribution is -0.137. The number of halogens is 4. The van der Waals surface area contributed by atoms with Crippen molar-refractivity contribution in [1.29, 1.82) is 5.26 Å². The number of carbonyl (C=O) groups is 2. The first-order valence-electron chi connectivity index (χ1n) is 11.1. The molecule has 6 nitrogen and oxygen atoms in total. The standard InChI is InChI=1S/C23H26F4N4O2/c24-16-11-18(12-28)31(14-16)19(32)13-29-22-8-5-21(6-9-22,7-10-22)20(33)30-17-3-1-15(2-4-17)23(25,26)27/h1-4,16,18,29H,5-11,13-14H2,(H,30,33)/t16?,18-,21?,22?/m0/s1. The van der Waals surface area contributed by atoms with E-state index in [4.69, 9.17) is 5.26 Å². The zero-order valence-electron chi connectivity index (χ0n) is 18.1. The van der Waals surface area contributed by atoms with Gasteiger partial charge in [-0.05, 0) is 62.8 Å². The van der Waals surface area contributed by atoms with Crippen molar-refractivity contribution in [3.63, 3.8) is 0 Å². The van der Waals surface area contributed by atoms with Gasteiger partial charge in [-0.3, -0.25) is 9.59 Å². The number of amides is 2. The van der Waals surface area contributed by atoms with Crippen molar-refractivity contribution in [2.75, 3.05) is 18.4 Å². The summed E-state index contributed by atoms with van der Waals surface area (Å²) in [5, 5.41) is 15.2. The highest BCUT2D eigenvalue weighted by molar-refractivity contribution is 5.95. The van der Waals surface area contributed by atoms with E-state index in [9.17, 15) is 27.2 Å². The molecule has 2 N–H and O–H groups in total. The summed E-state index contributed by atoms with van der Waals surface area (Å²) in [7, 11) is 0. The van der Waals surface area contributed by atoms with E-state index in [-0.39, 0.29) is 36.9 Å². The lowest BCUT2D eigenvalue weighted by atomic mass is 9.57. The Balaban J connectivity index is 1.31. The maximum absolute atomic E-state index is 13.6. The lowest BCUT2D eigenvalue weighted by Crippen LogP contribution is -2.59. The fraction of sp³-hybridized carbons (Fsp3) is 0.609. The molecule has 4 aliphatic rings. The Hall–Kier alpha value is -2.67. The zero-order valence-corrected chi connectivity index (χ0v) is 18.1. The van der Waals surface area contributed by atoms with Crippen LogP contribution in [-0.2, 0) is 15.8 Å². The van der Waals surface area contributed by atoms with Crippen molar-refractivity contribution >= 4 is 17.5 Å². The van der Waals surface area contributed by atoms with E-state index in [2.05, 4.69) is 10.6 Å². The largest absolute Gasteiger partial charge is 0.416 e. The predicted octanol–water partition coefficient (Wildman–Crippen LogP) is 3.79. The van der Waals surface area contributed by atoms with Gasteiger partial charge in [0.2, 0.25) is 11.8 Å². The van der Waals surface area contributed by atoms with Gasteiger partial charge in [0.15, 0.2) is 0 Å². The fourth-order valence-corrected chi connectivity index (χ4v) is 5.35. The molecule has 2 amide bonds. The van der Waals surface area contributed by atoms with Gasteiger partial charge in [0, 0.05) is 23.1 Å². The van der Waals surface area contributed by atoms with Crippen LogP contribution < -0.4 is 10.6 Å². The first-order chi connectivity index (χ1) is 15.6. The van der Waals surface area contributed by atoms with E-state index < -0.39 is 29.4 Å². The number of rotatable bonds is 5. The Morgan fingerprint density at radius 2 is 1.70 bits per heavy atom. The first kappa shape index (κ1) is 23.5. The van der Waals surface area contributed by atoms with Gasteiger partial charge < -0.3 is 15.5 Å². The fourth-order valence-electron chi connectivity index (χ4n) is 5.35. The Bertz CT molecular complexity index is 932. The van der Waals surface area contributed by atoms with Crippen molar-refractivity contribution < 1.29 is 27.2 Å². The van der Waals surface area contributed by atoms with Crippen molar-refractivity contribution in [1.82, 2.24) is 10.2 Å². The van der Waals surface area contributed by atoms with Crippen LogP contribution in [0.5, 0.6) is 0 Å². The van der Waals surface area contributed by atoms with E-state index in [0.717, 1.165) is 12.1 Å². The monoisotopic (exact) mass is 466 g/mol. The van der Waals surface area contributed by atoms with Crippen LogP contribution in [0.4, 0.5) is 23.2 Å². The third-order valence-electron chi connectivity index (χ3n) is 7.53. The first-order valence-corrected chi connectivity index (χ1v) is 11.1. The minimum Gasteiger partial charge on any atom is -0.326 e. The molecule has 0 radical (unpaired) electrons. The van der Waals surface area contributed by atoms with Crippen LogP contribution in [0.1, 0.15) is 50.5 Å². The summed E-state index contributed by atoms with van der Waals surface area (Å²) in [6.45, 7) is -0.0331. The third kappa shape index (κ3) is 4.69. The average molecular weight is 466 g/mol. The molecule has 2 bridgehead atoms. The minimum absolute atomic E-state index is 0.0235. The topological polar surface area (TPSA) is 85.2 Å². The third-order valence-corrected chi connectivity index (χ3v) is 7.53. The number of alkyl halides is 4. The van der Waals surface area contributed by atoms with Crippen LogP contribution in [0.2, 0.25) is 0 Å². The van der Waals surface area contributed by atoms with Gasteiger partial charge in [0.05, 0.1) is 24.7 Å². The molecule has 2 atom stereocenters. The number of likely N-dealkylation sites (tertiary alicyclic amines) is 1. The van der Waals surface area contributed by atoms with Gasteiger partial charge in [-0.25, -0.2) is 4.39 Å². The van der Waals surface area contributed by atoms with Crippen LogP contribution in [-0.4, -0.2) is 47.6 Å². The molecule has 1 aromatic rings. The number of hydrogen-bond donors (Lipinski definition) is 2. The maximum atomic E-state index is 13.6. The number of anilines is 1. The number of benzene rings is 1. The van der Waals surface area contributed by atoms with Crippen molar-refractivity contribution in [2.24, 2.45) is 5.41 Å². The van der Waals surface area contributed by atoms with E-state index >= 15 is 0 Å².